The van der Waals surface area contributed by atoms with Gasteiger partial charge in [0.15, 0.2) is 0 Å². The molecule has 0 radical (unpaired) electrons. The van der Waals surface area contributed by atoms with Gasteiger partial charge < -0.3 is 15.4 Å². The molecule has 4 nitrogen and oxygen atoms in total. The lowest BCUT2D eigenvalue weighted by atomic mass is 10.1. The predicted molar refractivity (Wildman–Crippen MR) is 57.6 cm³/mol. The lowest BCUT2D eigenvalue weighted by Gasteiger charge is -2.23. The molecule has 2 aliphatic rings. The fraction of sp³-hybridized carbons (Fsp3) is 0.909. The van der Waals surface area contributed by atoms with E-state index in [2.05, 4.69) is 10.6 Å². The molecule has 0 aromatic heterocycles. The van der Waals surface area contributed by atoms with Crippen molar-refractivity contribution in [3.8, 4) is 0 Å². The fourth-order valence-electron chi connectivity index (χ4n) is 2.21. The zero-order valence-corrected chi connectivity index (χ0v) is 9.13. The van der Waals surface area contributed by atoms with Gasteiger partial charge in [-0.2, -0.15) is 0 Å². The van der Waals surface area contributed by atoms with Crippen molar-refractivity contribution in [1.82, 2.24) is 10.6 Å². The Hall–Kier alpha value is -0.610. The van der Waals surface area contributed by atoms with Crippen LogP contribution in [0.15, 0.2) is 0 Å². The Bertz CT molecular complexity index is 209. The molecule has 1 unspecified atom stereocenters. The summed E-state index contributed by atoms with van der Waals surface area (Å²) in [7, 11) is 0. The molecule has 2 N–H and O–H groups in total. The van der Waals surface area contributed by atoms with Crippen LogP contribution >= 0.6 is 0 Å². The first-order valence-electron chi connectivity index (χ1n) is 5.99. The van der Waals surface area contributed by atoms with Crippen molar-refractivity contribution in [3.05, 3.63) is 0 Å². The van der Waals surface area contributed by atoms with Crippen LogP contribution in [0.4, 0.5) is 0 Å². The molecular formula is C11H20N2O2. The molecule has 0 aromatic rings. The maximum atomic E-state index is 11.7. The third-order valence-electron chi connectivity index (χ3n) is 3.15. The predicted octanol–water partition coefficient (Wildman–Crippen LogP) is 0.424. The molecule has 1 amide bonds. The van der Waals surface area contributed by atoms with E-state index < -0.39 is 0 Å². The molecular weight excluding hydrogens is 192 g/mol. The van der Waals surface area contributed by atoms with Crippen molar-refractivity contribution in [2.24, 2.45) is 0 Å². The number of carbonyl (C=O) groups excluding carboxylic acids is 1. The van der Waals surface area contributed by atoms with Gasteiger partial charge in [-0.3, -0.25) is 4.79 Å². The van der Waals surface area contributed by atoms with E-state index in [4.69, 9.17) is 4.74 Å². The topological polar surface area (TPSA) is 50.4 Å². The van der Waals surface area contributed by atoms with E-state index in [9.17, 15) is 4.79 Å². The van der Waals surface area contributed by atoms with Crippen LogP contribution in [0, 0.1) is 0 Å². The monoisotopic (exact) mass is 212 g/mol. The van der Waals surface area contributed by atoms with Gasteiger partial charge in [-0.15, -0.1) is 0 Å². The van der Waals surface area contributed by atoms with E-state index in [0.29, 0.717) is 6.54 Å². The molecule has 0 spiro atoms. The van der Waals surface area contributed by atoms with Crippen molar-refractivity contribution in [2.45, 2.75) is 44.2 Å². The van der Waals surface area contributed by atoms with Crippen LogP contribution < -0.4 is 10.6 Å². The first-order chi connectivity index (χ1) is 7.36. The van der Waals surface area contributed by atoms with Gasteiger partial charge in [0.05, 0.1) is 12.1 Å². The molecule has 2 fully saturated rings. The average molecular weight is 212 g/mol. The van der Waals surface area contributed by atoms with Crippen LogP contribution in [0.5, 0.6) is 0 Å². The summed E-state index contributed by atoms with van der Waals surface area (Å²) in [4.78, 5) is 11.7. The summed E-state index contributed by atoms with van der Waals surface area (Å²) in [6, 6.07) is 0.0357. The van der Waals surface area contributed by atoms with Crippen LogP contribution in [0.25, 0.3) is 0 Å². The average Bonchev–Trinajstić information content (AvgIpc) is 2.81. The molecule has 2 aliphatic heterocycles. The number of nitrogens with one attached hydrogen (secondary N) is 2. The summed E-state index contributed by atoms with van der Waals surface area (Å²) >= 11 is 0. The summed E-state index contributed by atoms with van der Waals surface area (Å²) in [6.07, 6.45) is 5.79. The molecule has 0 aromatic carbocycles. The lowest BCUT2D eigenvalue weighted by molar-refractivity contribution is -0.123. The number of ether oxygens (including phenoxy) is 1. The summed E-state index contributed by atoms with van der Waals surface area (Å²) in [5.74, 6) is 0.140. The van der Waals surface area contributed by atoms with E-state index >= 15 is 0 Å². The Morgan fingerprint density at radius 2 is 2.27 bits per heavy atom. The van der Waals surface area contributed by atoms with Crippen molar-refractivity contribution < 1.29 is 9.53 Å². The van der Waals surface area contributed by atoms with Crippen LogP contribution in [-0.2, 0) is 9.53 Å². The SMILES string of the molecule is O=C(NCC1CCCCO1)[C@H]1CCCN1. The van der Waals surface area contributed by atoms with E-state index in [1.54, 1.807) is 0 Å². The molecule has 4 heteroatoms. The number of carbonyl (C=O) groups is 1. The van der Waals surface area contributed by atoms with Gasteiger partial charge in [0.1, 0.15) is 0 Å². The van der Waals surface area contributed by atoms with E-state index in [0.717, 1.165) is 38.8 Å². The minimum atomic E-state index is 0.0357. The first kappa shape index (κ1) is 10.9. The summed E-state index contributed by atoms with van der Waals surface area (Å²) in [6.45, 7) is 2.50. The molecule has 2 rings (SSSR count). The van der Waals surface area contributed by atoms with Crippen LogP contribution in [-0.4, -0.2) is 37.7 Å². The Morgan fingerprint density at radius 3 is 2.93 bits per heavy atom. The normalized spacial score (nSPS) is 31.5. The Kier molecular flexibility index (Phi) is 3.97. The minimum absolute atomic E-state index is 0.0357. The maximum absolute atomic E-state index is 11.7. The quantitative estimate of drug-likeness (QED) is 0.713. The number of rotatable bonds is 3. The molecule has 0 saturated carbocycles. The Labute approximate surface area is 90.8 Å². The Balaban J connectivity index is 1.65. The standard InChI is InChI=1S/C11H20N2O2/c14-11(10-5-3-6-12-10)13-8-9-4-1-2-7-15-9/h9-10,12H,1-8H2,(H,13,14)/t9?,10-/m1/s1. The smallest absolute Gasteiger partial charge is 0.237 e. The van der Waals surface area contributed by atoms with E-state index in [1.807, 2.05) is 0 Å². The van der Waals surface area contributed by atoms with Gasteiger partial charge in [0.2, 0.25) is 5.91 Å². The van der Waals surface area contributed by atoms with Crippen molar-refractivity contribution in [1.29, 1.82) is 0 Å². The first-order valence-corrected chi connectivity index (χ1v) is 5.99. The molecule has 15 heavy (non-hydrogen) atoms. The minimum Gasteiger partial charge on any atom is -0.376 e. The third kappa shape index (κ3) is 3.18. The van der Waals surface area contributed by atoms with Gasteiger partial charge in [-0.1, -0.05) is 0 Å². The van der Waals surface area contributed by atoms with Gasteiger partial charge >= 0.3 is 0 Å². The fourth-order valence-corrected chi connectivity index (χ4v) is 2.21. The molecule has 86 valence electrons. The number of hydrogen-bond donors (Lipinski definition) is 2. The molecule has 2 atom stereocenters. The lowest BCUT2D eigenvalue weighted by Crippen LogP contribution is -2.44. The maximum Gasteiger partial charge on any atom is 0.237 e. The van der Waals surface area contributed by atoms with Crippen LogP contribution in [0.2, 0.25) is 0 Å². The van der Waals surface area contributed by atoms with Crippen molar-refractivity contribution in [2.75, 3.05) is 19.7 Å². The van der Waals surface area contributed by atoms with Gasteiger partial charge in [-0.25, -0.2) is 0 Å². The highest BCUT2D eigenvalue weighted by molar-refractivity contribution is 5.81. The molecule has 2 saturated heterocycles. The van der Waals surface area contributed by atoms with Gasteiger partial charge in [0, 0.05) is 13.2 Å². The van der Waals surface area contributed by atoms with E-state index in [1.165, 1.54) is 6.42 Å². The van der Waals surface area contributed by atoms with Gasteiger partial charge in [-0.05, 0) is 38.6 Å². The second kappa shape index (κ2) is 5.47. The molecule has 0 aliphatic carbocycles. The van der Waals surface area contributed by atoms with E-state index in [-0.39, 0.29) is 18.1 Å². The molecule has 0 bridgehead atoms. The number of hydrogen-bond acceptors (Lipinski definition) is 3. The Morgan fingerprint density at radius 1 is 1.33 bits per heavy atom. The highest BCUT2D eigenvalue weighted by atomic mass is 16.5. The summed E-state index contributed by atoms with van der Waals surface area (Å²) < 4.78 is 5.56. The van der Waals surface area contributed by atoms with Crippen LogP contribution in [0.1, 0.15) is 32.1 Å². The summed E-state index contributed by atoms with van der Waals surface area (Å²) in [5.41, 5.74) is 0. The van der Waals surface area contributed by atoms with Crippen molar-refractivity contribution in [3.63, 3.8) is 0 Å². The van der Waals surface area contributed by atoms with Crippen LogP contribution in [0.3, 0.4) is 0 Å². The zero-order chi connectivity index (χ0) is 10.5. The molecule has 2 heterocycles. The highest BCUT2D eigenvalue weighted by Gasteiger charge is 2.23. The number of amides is 1. The summed E-state index contributed by atoms with van der Waals surface area (Å²) in [5, 5.41) is 6.16. The highest BCUT2D eigenvalue weighted by Crippen LogP contribution is 2.12. The second-order valence-electron chi connectivity index (χ2n) is 4.38. The van der Waals surface area contributed by atoms with Crippen molar-refractivity contribution >= 4 is 5.91 Å². The zero-order valence-electron chi connectivity index (χ0n) is 9.13. The van der Waals surface area contributed by atoms with Gasteiger partial charge in [0.25, 0.3) is 0 Å². The third-order valence-corrected chi connectivity index (χ3v) is 3.15. The second-order valence-corrected chi connectivity index (χ2v) is 4.38. The largest absolute Gasteiger partial charge is 0.376 e.